The topological polar surface area (TPSA) is 79.6 Å². The van der Waals surface area contributed by atoms with E-state index in [1.807, 2.05) is 43.3 Å². The Hall–Kier alpha value is -3.49. The summed E-state index contributed by atoms with van der Waals surface area (Å²) in [5, 5.41) is 0. The van der Waals surface area contributed by atoms with Gasteiger partial charge >= 0.3 is 0 Å². The minimum absolute atomic E-state index is 0.371. The van der Waals surface area contributed by atoms with Gasteiger partial charge in [0.2, 0.25) is 11.4 Å². The zero-order valence-electron chi connectivity index (χ0n) is 20.5. The molecule has 1 unspecified atom stereocenters. The molecule has 1 saturated heterocycles. The summed E-state index contributed by atoms with van der Waals surface area (Å²) < 4.78 is 34.1. The molecule has 1 atom stereocenters. The van der Waals surface area contributed by atoms with Gasteiger partial charge in [0, 0.05) is 31.5 Å². The molecule has 186 valence electrons. The van der Waals surface area contributed by atoms with Gasteiger partial charge in [0.1, 0.15) is 11.5 Å². The number of hydrogen-bond donors (Lipinski definition) is 0. The standard InChI is InChI=1S/C27H31NO7/c1-5-34-26-23(30-2)16-19(17-24(26)31-3)22-10-11-25(35-22)27(18-29,32-4)20-6-8-21(9-7-20)28-12-14-33-15-13-28/h6-11,16-18H,5,12-15H2,1-4H3. The van der Waals surface area contributed by atoms with E-state index in [9.17, 15) is 4.79 Å². The smallest absolute Gasteiger partial charge is 0.205 e. The summed E-state index contributed by atoms with van der Waals surface area (Å²) in [7, 11) is 4.63. The van der Waals surface area contributed by atoms with Crippen LogP contribution in [0.4, 0.5) is 5.69 Å². The first kappa shape index (κ1) is 24.6. The van der Waals surface area contributed by atoms with Crippen LogP contribution in [0.2, 0.25) is 0 Å². The highest BCUT2D eigenvalue weighted by Crippen LogP contribution is 2.43. The van der Waals surface area contributed by atoms with E-state index in [0.29, 0.717) is 59.7 Å². The number of methoxy groups -OCH3 is 3. The van der Waals surface area contributed by atoms with Crippen LogP contribution < -0.4 is 19.1 Å². The van der Waals surface area contributed by atoms with Crippen molar-refractivity contribution in [1.29, 1.82) is 0 Å². The molecule has 0 bridgehead atoms. The zero-order chi connectivity index (χ0) is 24.8. The van der Waals surface area contributed by atoms with Crippen molar-refractivity contribution in [1.82, 2.24) is 0 Å². The first-order valence-electron chi connectivity index (χ1n) is 11.5. The minimum Gasteiger partial charge on any atom is -0.493 e. The van der Waals surface area contributed by atoms with Crippen molar-refractivity contribution < 1.29 is 32.9 Å². The lowest BCUT2D eigenvalue weighted by Crippen LogP contribution is -2.36. The van der Waals surface area contributed by atoms with E-state index >= 15 is 0 Å². The van der Waals surface area contributed by atoms with E-state index < -0.39 is 5.60 Å². The van der Waals surface area contributed by atoms with Gasteiger partial charge in [-0.2, -0.15) is 0 Å². The molecule has 8 heteroatoms. The molecule has 1 aliphatic heterocycles. The molecule has 1 fully saturated rings. The highest BCUT2D eigenvalue weighted by molar-refractivity contribution is 5.73. The van der Waals surface area contributed by atoms with E-state index in [1.165, 1.54) is 7.11 Å². The van der Waals surface area contributed by atoms with Crippen molar-refractivity contribution in [3.63, 3.8) is 0 Å². The molecular weight excluding hydrogens is 450 g/mol. The fourth-order valence-corrected chi connectivity index (χ4v) is 4.28. The fourth-order valence-electron chi connectivity index (χ4n) is 4.28. The molecule has 3 aromatic rings. The lowest BCUT2D eigenvalue weighted by molar-refractivity contribution is -0.125. The van der Waals surface area contributed by atoms with Crippen LogP contribution >= 0.6 is 0 Å². The number of anilines is 1. The summed E-state index contributed by atoms with van der Waals surface area (Å²) >= 11 is 0. The lowest BCUT2D eigenvalue weighted by Gasteiger charge is -2.30. The molecule has 8 nitrogen and oxygen atoms in total. The molecule has 35 heavy (non-hydrogen) atoms. The Labute approximate surface area is 205 Å². The molecule has 0 saturated carbocycles. The molecule has 4 rings (SSSR count). The van der Waals surface area contributed by atoms with Gasteiger partial charge in [-0.05, 0) is 48.9 Å². The predicted octanol–water partition coefficient (Wildman–Crippen LogP) is 4.29. The first-order chi connectivity index (χ1) is 17.1. The van der Waals surface area contributed by atoms with Crippen LogP contribution in [-0.2, 0) is 19.9 Å². The first-order valence-corrected chi connectivity index (χ1v) is 11.5. The van der Waals surface area contributed by atoms with Gasteiger partial charge in [-0.1, -0.05) is 12.1 Å². The van der Waals surface area contributed by atoms with Crippen molar-refractivity contribution in [2.24, 2.45) is 0 Å². The molecule has 0 radical (unpaired) electrons. The van der Waals surface area contributed by atoms with Crippen LogP contribution in [0.1, 0.15) is 18.2 Å². The van der Waals surface area contributed by atoms with Crippen LogP contribution in [0.5, 0.6) is 17.2 Å². The number of aldehydes is 1. The molecule has 0 spiro atoms. The molecule has 0 N–H and O–H groups in total. The quantitative estimate of drug-likeness (QED) is 0.397. The number of ether oxygens (including phenoxy) is 5. The van der Waals surface area contributed by atoms with Crippen LogP contribution in [0.15, 0.2) is 52.9 Å². The number of rotatable bonds is 10. The third-order valence-corrected chi connectivity index (χ3v) is 6.17. The number of furan rings is 1. The van der Waals surface area contributed by atoms with E-state index in [-0.39, 0.29) is 0 Å². The second kappa shape index (κ2) is 10.8. The zero-order valence-corrected chi connectivity index (χ0v) is 20.5. The normalized spacial score (nSPS) is 15.4. The maximum absolute atomic E-state index is 12.4. The highest BCUT2D eigenvalue weighted by atomic mass is 16.5. The average molecular weight is 482 g/mol. The summed E-state index contributed by atoms with van der Waals surface area (Å²) in [4.78, 5) is 14.7. The lowest BCUT2D eigenvalue weighted by atomic mass is 9.92. The Kier molecular flexibility index (Phi) is 7.63. The largest absolute Gasteiger partial charge is 0.493 e. The maximum atomic E-state index is 12.4. The minimum atomic E-state index is -1.39. The molecule has 0 aliphatic carbocycles. The van der Waals surface area contributed by atoms with Gasteiger partial charge < -0.3 is 33.0 Å². The van der Waals surface area contributed by atoms with E-state index in [2.05, 4.69) is 4.90 Å². The van der Waals surface area contributed by atoms with Gasteiger partial charge in [-0.25, -0.2) is 0 Å². The van der Waals surface area contributed by atoms with Gasteiger partial charge in [0.15, 0.2) is 17.8 Å². The molecule has 1 aliphatic rings. The van der Waals surface area contributed by atoms with Crippen LogP contribution in [0, 0.1) is 0 Å². The SMILES string of the molecule is CCOc1c(OC)cc(-c2ccc(C(C=O)(OC)c3ccc(N4CCOCC4)cc3)o2)cc1OC. The molecule has 0 amide bonds. The number of morpholine rings is 1. The summed E-state index contributed by atoms with van der Waals surface area (Å²) in [6, 6.07) is 14.9. The van der Waals surface area contributed by atoms with E-state index in [4.69, 9.17) is 28.1 Å². The van der Waals surface area contributed by atoms with Crippen molar-refractivity contribution in [2.75, 3.05) is 59.1 Å². The van der Waals surface area contributed by atoms with E-state index in [1.54, 1.807) is 26.4 Å². The van der Waals surface area contributed by atoms with Gasteiger partial charge in [0.25, 0.3) is 0 Å². The highest BCUT2D eigenvalue weighted by Gasteiger charge is 2.38. The number of carbonyl (C=O) groups excluding carboxylic acids is 1. The van der Waals surface area contributed by atoms with Crippen molar-refractivity contribution in [3.05, 3.63) is 59.9 Å². The molecule has 2 heterocycles. The van der Waals surface area contributed by atoms with Crippen LogP contribution in [-0.4, -0.2) is 60.5 Å². The Morgan fingerprint density at radius 3 is 2.17 bits per heavy atom. The Balaban J connectivity index is 1.69. The fraction of sp³-hybridized carbons (Fsp3) is 0.370. The summed E-state index contributed by atoms with van der Waals surface area (Å²) in [6.07, 6.45) is 0.763. The molecule has 2 aromatic carbocycles. The van der Waals surface area contributed by atoms with E-state index in [0.717, 1.165) is 25.1 Å². The number of hydrogen-bond acceptors (Lipinski definition) is 8. The second-order valence-corrected chi connectivity index (χ2v) is 8.01. The Bertz CT molecular complexity index is 1110. The second-order valence-electron chi connectivity index (χ2n) is 8.01. The van der Waals surface area contributed by atoms with Gasteiger partial charge in [-0.15, -0.1) is 0 Å². The third kappa shape index (κ3) is 4.72. The summed E-state index contributed by atoms with van der Waals surface area (Å²) in [5.41, 5.74) is 1.07. The Morgan fingerprint density at radius 2 is 1.63 bits per heavy atom. The summed E-state index contributed by atoms with van der Waals surface area (Å²) in [6.45, 7) is 5.43. The number of nitrogens with zero attached hydrogens (tertiary/aromatic N) is 1. The van der Waals surface area contributed by atoms with Gasteiger partial charge in [-0.3, -0.25) is 4.79 Å². The average Bonchev–Trinajstić information content (AvgIpc) is 3.41. The predicted molar refractivity (Wildman–Crippen MR) is 132 cm³/mol. The van der Waals surface area contributed by atoms with Gasteiger partial charge in [0.05, 0.1) is 34.0 Å². The number of benzene rings is 2. The summed E-state index contributed by atoms with van der Waals surface area (Å²) in [5.74, 6) is 2.47. The van der Waals surface area contributed by atoms with Crippen molar-refractivity contribution in [3.8, 4) is 28.6 Å². The van der Waals surface area contributed by atoms with Crippen molar-refractivity contribution in [2.45, 2.75) is 12.5 Å². The Morgan fingerprint density at radius 1 is 0.971 bits per heavy atom. The van der Waals surface area contributed by atoms with Crippen LogP contribution in [0.25, 0.3) is 11.3 Å². The third-order valence-electron chi connectivity index (χ3n) is 6.17. The van der Waals surface area contributed by atoms with Crippen molar-refractivity contribution >= 4 is 12.0 Å². The number of carbonyl (C=O) groups is 1. The molecular formula is C27H31NO7. The maximum Gasteiger partial charge on any atom is 0.205 e. The molecule has 1 aromatic heterocycles. The van der Waals surface area contributed by atoms with Crippen LogP contribution in [0.3, 0.4) is 0 Å². The monoisotopic (exact) mass is 481 g/mol.